The molecule has 0 saturated carbocycles. The van der Waals surface area contributed by atoms with Gasteiger partial charge in [0, 0.05) is 10.4 Å². The van der Waals surface area contributed by atoms with Gasteiger partial charge in [-0.25, -0.2) is 0 Å². The monoisotopic (exact) mass is 455 g/mol. The zero-order chi connectivity index (χ0) is 21.8. The summed E-state index contributed by atoms with van der Waals surface area (Å²) in [6.45, 7) is 1.93. The third-order valence-corrected chi connectivity index (χ3v) is 6.92. The number of thiophene rings is 1. The average molecular weight is 456 g/mol. The van der Waals surface area contributed by atoms with E-state index in [4.69, 9.17) is 12.2 Å². The minimum atomic E-state index is -0.380. The molecule has 0 atom stereocenters. The molecule has 0 bridgehead atoms. The minimum absolute atomic E-state index is 0.0557. The predicted molar refractivity (Wildman–Crippen MR) is 123 cm³/mol. The van der Waals surface area contributed by atoms with Crippen molar-refractivity contribution in [1.29, 1.82) is 0 Å². The van der Waals surface area contributed by atoms with Gasteiger partial charge in [-0.3, -0.25) is 30.1 Å². The molecule has 3 N–H and O–H groups in total. The molecule has 0 saturated heterocycles. The lowest BCUT2D eigenvalue weighted by molar-refractivity contribution is -0.122. The molecular formula is C22H25N5O2S2. The topological polar surface area (TPSA) is 91.8 Å². The van der Waals surface area contributed by atoms with E-state index < -0.39 is 0 Å². The number of aryl methyl sites for hydroxylation is 3. The zero-order valence-corrected chi connectivity index (χ0v) is 19.0. The van der Waals surface area contributed by atoms with E-state index in [-0.39, 0.29) is 18.4 Å². The third-order valence-electron chi connectivity index (χ3n) is 5.37. The number of hydrogen-bond acceptors (Lipinski definition) is 5. The largest absolute Gasteiger partial charge is 0.291 e. The summed E-state index contributed by atoms with van der Waals surface area (Å²) in [6.07, 6.45) is 6.87. The number of aromatic nitrogens is 3. The van der Waals surface area contributed by atoms with E-state index in [1.165, 1.54) is 41.0 Å². The van der Waals surface area contributed by atoms with Crippen LogP contribution in [0.5, 0.6) is 0 Å². The van der Waals surface area contributed by atoms with E-state index in [9.17, 15) is 9.59 Å². The van der Waals surface area contributed by atoms with E-state index in [1.807, 2.05) is 37.3 Å². The Kier molecular flexibility index (Phi) is 6.62. The quantitative estimate of drug-likeness (QED) is 0.408. The van der Waals surface area contributed by atoms with Crippen LogP contribution in [0.15, 0.2) is 30.3 Å². The van der Waals surface area contributed by atoms with Crippen LogP contribution in [0.3, 0.4) is 0 Å². The highest BCUT2D eigenvalue weighted by Gasteiger charge is 2.17. The van der Waals surface area contributed by atoms with Crippen LogP contribution in [0.4, 0.5) is 0 Å². The first-order chi connectivity index (χ1) is 15.0. The first kappa shape index (κ1) is 21.5. The van der Waals surface area contributed by atoms with Gasteiger partial charge in [-0.15, -0.1) is 11.3 Å². The maximum Gasteiger partial charge on any atom is 0.279 e. The van der Waals surface area contributed by atoms with Gasteiger partial charge in [0.2, 0.25) is 0 Å². The molecule has 3 aromatic rings. The van der Waals surface area contributed by atoms with Crippen molar-refractivity contribution in [2.45, 2.75) is 52.0 Å². The van der Waals surface area contributed by atoms with Gasteiger partial charge in [-0.2, -0.15) is 5.10 Å². The van der Waals surface area contributed by atoms with Crippen LogP contribution in [0.1, 0.15) is 51.4 Å². The van der Waals surface area contributed by atoms with Gasteiger partial charge in [0.05, 0.1) is 4.88 Å². The number of carbonyl (C=O) groups excluding carboxylic acids is 2. The molecule has 0 radical (unpaired) electrons. The highest BCUT2D eigenvalue weighted by molar-refractivity contribution is 7.71. The molecule has 4 rings (SSSR count). The van der Waals surface area contributed by atoms with Crippen molar-refractivity contribution in [2.24, 2.45) is 0 Å². The number of amides is 2. The molecular weight excluding hydrogens is 430 g/mol. The second-order valence-corrected chi connectivity index (χ2v) is 9.31. The van der Waals surface area contributed by atoms with Crippen molar-refractivity contribution < 1.29 is 9.59 Å². The van der Waals surface area contributed by atoms with E-state index in [2.05, 4.69) is 21.0 Å². The number of benzene rings is 1. The van der Waals surface area contributed by atoms with Crippen molar-refractivity contribution in [1.82, 2.24) is 25.6 Å². The molecule has 0 fully saturated rings. The lowest BCUT2D eigenvalue weighted by Crippen LogP contribution is -2.43. The molecule has 7 nitrogen and oxygen atoms in total. The molecule has 1 aliphatic carbocycles. The van der Waals surface area contributed by atoms with Crippen LogP contribution in [-0.2, 0) is 24.2 Å². The number of nitrogens with zero attached hydrogens (tertiary/aromatic N) is 2. The molecule has 0 spiro atoms. The summed E-state index contributed by atoms with van der Waals surface area (Å²) < 4.78 is 1.96. The van der Waals surface area contributed by atoms with Crippen molar-refractivity contribution in [3.05, 3.63) is 56.0 Å². The Labute approximate surface area is 189 Å². The molecule has 2 heterocycles. The van der Waals surface area contributed by atoms with Crippen molar-refractivity contribution in [3.63, 3.8) is 0 Å². The van der Waals surface area contributed by atoms with Gasteiger partial charge in [-0.1, -0.05) is 36.6 Å². The zero-order valence-electron chi connectivity index (χ0n) is 17.4. The van der Waals surface area contributed by atoms with Crippen LogP contribution in [0.25, 0.3) is 11.4 Å². The lowest BCUT2D eigenvalue weighted by Gasteiger charge is -2.09. The highest BCUT2D eigenvalue weighted by Crippen LogP contribution is 2.28. The second-order valence-electron chi connectivity index (χ2n) is 7.78. The maximum absolute atomic E-state index is 12.6. The van der Waals surface area contributed by atoms with E-state index in [1.54, 1.807) is 4.57 Å². The number of H-pyrrole nitrogens is 1. The number of rotatable bonds is 4. The number of fused-ring (bicyclic) bond motifs is 1. The normalized spacial score (nSPS) is 13.7. The van der Waals surface area contributed by atoms with Gasteiger partial charge in [0.1, 0.15) is 6.54 Å². The van der Waals surface area contributed by atoms with Crippen LogP contribution in [-0.4, -0.2) is 26.6 Å². The first-order valence-electron chi connectivity index (χ1n) is 10.4. The molecule has 0 unspecified atom stereocenters. The Morgan fingerprint density at radius 3 is 2.77 bits per heavy atom. The Morgan fingerprint density at radius 1 is 1.16 bits per heavy atom. The van der Waals surface area contributed by atoms with Crippen LogP contribution in [0, 0.1) is 11.7 Å². The summed E-state index contributed by atoms with van der Waals surface area (Å²) in [5.41, 5.74) is 8.25. The summed E-state index contributed by atoms with van der Waals surface area (Å²) in [6, 6.07) is 9.77. The van der Waals surface area contributed by atoms with Crippen LogP contribution >= 0.6 is 23.6 Å². The van der Waals surface area contributed by atoms with Gasteiger partial charge < -0.3 is 0 Å². The highest BCUT2D eigenvalue weighted by atomic mass is 32.1. The number of aromatic amines is 1. The predicted octanol–water partition coefficient (Wildman–Crippen LogP) is 4.10. The molecule has 31 heavy (non-hydrogen) atoms. The lowest BCUT2D eigenvalue weighted by atomic mass is 10.00. The van der Waals surface area contributed by atoms with Crippen molar-refractivity contribution in [2.75, 3.05) is 0 Å². The van der Waals surface area contributed by atoms with Gasteiger partial charge in [0.25, 0.3) is 11.8 Å². The maximum atomic E-state index is 12.6. The Morgan fingerprint density at radius 2 is 1.97 bits per heavy atom. The fraction of sp³-hybridized carbons (Fsp3) is 0.364. The number of carbonyl (C=O) groups is 2. The Balaban J connectivity index is 1.40. The standard InChI is InChI=1S/C22H25N5O2S2/c1-14-7-6-9-16(11-14)20-24-26-22(30)27(20)13-19(28)23-25-21(29)18-12-15-8-4-2-3-5-10-17(15)31-18/h6-7,9,11-12H,2-5,8,10,13H2,1H3,(H,23,28)(H,25,29)(H,26,30). The fourth-order valence-electron chi connectivity index (χ4n) is 3.80. The van der Waals surface area contributed by atoms with Crippen LogP contribution < -0.4 is 10.9 Å². The number of nitrogens with one attached hydrogen (secondary N) is 3. The molecule has 162 valence electrons. The summed E-state index contributed by atoms with van der Waals surface area (Å²) in [5, 5.41) is 6.99. The van der Waals surface area contributed by atoms with E-state index in [0.717, 1.165) is 30.4 Å². The van der Waals surface area contributed by atoms with Crippen LogP contribution in [0.2, 0.25) is 0 Å². The van der Waals surface area contributed by atoms with Crippen molar-refractivity contribution in [3.8, 4) is 11.4 Å². The summed E-state index contributed by atoms with van der Waals surface area (Å²) in [5.74, 6) is -0.0947. The molecule has 9 heteroatoms. The van der Waals surface area contributed by atoms with E-state index in [0.29, 0.717) is 15.5 Å². The second kappa shape index (κ2) is 9.57. The van der Waals surface area contributed by atoms with Gasteiger partial charge in [-0.05, 0) is 62.5 Å². The SMILES string of the molecule is Cc1cccc(-c2n[nH]c(=S)n2CC(=O)NNC(=O)c2cc3c(s2)CCCCCC3)c1. The van der Waals surface area contributed by atoms with E-state index >= 15 is 0 Å². The summed E-state index contributed by atoms with van der Waals surface area (Å²) >= 11 is 6.81. The van der Waals surface area contributed by atoms with Crippen molar-refractivity contribution >= 4 is 35.4 Å². The van der Waals surface area contributed by atoms with Gasteiger partial charge >= 0.3 is 0 Å². The Hall–Kier alpha value is -2.78. The molecule has 1 aromatic carbocycles. The number of hydrogen-bond donors (Lipinski definition) is 3. The Bertz CT molecular complexity index is 1140. The fourth-order valence-corrected chi connectivity index (χ4v) is 5.14. The molecule has 2 aromatic heterocycles. The van der Waals surface area contributed by atoms with Gasteiger partial charge in [0.15, 0.2) is 10.6 Å². The minimum Gasteiger partial charge on any atom is -0.291 e. The molecule has 0 aliphatic heterocycles. The molecule has 2 amide bonds. The third kappa shape index (κ3) is 5.11. The summed E-state index contributed by atoms with van der Waals surface area (Å²) in [4.78, 5) is 27.0. The first-order valence-corrected chi connectivity index (χ1v) is 11.7. The smallest absolute Gasteiger partial charge is 0.279 e. The molecule has 1 aliphatic rings. The number of hydrazine groups is 1. The average Bonchev–Trinajstić information content (AvgIpc) is 3.29. The summed E-state index contributed by atoms with van der Waals surface area (Å²) in [7, 11) is 0.